The first-order valence-corrected chi connectivity index (χ1v) is 7.92. The highest BCUT2D eigenvalue weighted by Crippen LogP contribution is 2.49. The van der Waals surface area contributed by atoms with E-state index in [0.717, 1.165) is 11.3 Å². The fourth-order valence-electron chi connectivity index (χ4n) is 3.73. The predicted octanol–water partition coefficient (Wildman–Crippen LogP) is 1.90. The molecule has 6 heteroatoms. The molecule has 0 aliphatic carbocycles. The first-order chi connectivity index (χ1) is 11.7. The van der Waals surface area contributed by atoms with Gasteiger partial charge in [0.15, 0.2) is 5.76 Å². The average molecular weight is 329 g/mol. The Bertz CT molecular complexity index is 770. The summed E-state index contributed by atoms with van der Waals surface area (Å²) in [6.07, 6.45) is 0. The van der Waals surface area contributed by atoms with Crippen LogP contribution in [0.25, 0.3) is 0 Å². The van der Waals surface area contributed by atoms with Crippen molar-refractivity contribution in [2.75, 3.05) is 33.4 Å². The molecule has 0 spiro atoms. The van der Waals surface area contributed by atoms with Gasteiger partial charge < -0.3 is 23.9 Å². The molecule has 6 nitrogen and oxygen atoms in total. The summed E-state index contributed by atoms with van der Waals surface area (Å²) in [6, 6.07) is 11.1. The number of nitrogens with zero attached hydrogens (tertiary/aromatic N) is 1. The minimum atomic E-state index is -0.472. The summed E-state index contributed by atoms with van der Waals surface area (Å²) in [5, 5.41) is 10.0. The van der Waals surface area contributed by atoms with E-state index in [4.69, 9.17) is 13.9 Å². The molecule has 24 heavy (non-hydrogen) atoms. The van der Waals surface area contributed by atoms with E-state index in [-0.39, 0.29) is 24.2 Å². The summed E-state index contributed by atoms with van der Waals surface area (Å²) in [7, 11) is 1.49. The number of aliphatic hydroxyl groups excluding tert-OH is 1. The molecule has 1 aromatic carbocycles. The first-order valence-electron chi connectivity index (χ1n) is 7.92. The average Bonchev–Trinajstić information content (AvgIpc) is 3.26. The van der Waals surface area contributed by atoms with E-state index in [2.05, 4.69) is 0 Å². The second kappa shape index (κ2) is 5.56. The lowest BCUT2D eigenvalue weighted by Gasteiger charge is -2.37. The molecule has 1 saturated heterocycles. The van der Waals surface area contributed by atoms with Gasteiger partial charge >= 0.3 is 0 Å². The van der Waals surface area contributed by atoms with Crippen molar-refractivity contribution in [3.63, 3.8) is 0 Å². The number of hydrogen-bond acceptors (Lipinski definition) is 5. The number of methoxy groups -OCH3 is 1. The molecular formula is C18H19NO5. The molecule has 2 aliphatic rings. The van der Waals surface area contributed by atoms with Gasteiger partial charge in [0.1, 0.15) is 5.75 Å². The normalized spacial score (nSPS) is 24.9. The summed E-state index contributed by atoms with van der Waals surface area (Å²) in [6.45, 7) is 1.33. The van der Waals surface area contributed by atoms with Crippen molar-refractivity contribution in [2.45, 2.75) is 5.92 Å². The molecule has 1 aromatic heterocycles. The van der Waals surface area contributed by atoms with Gasteiger partial charge in [-0.25, -0.2) is 0 Å². The van der Waals surface area contributed by atoms with Crippen LogP contribution in [-0.2, 0) is 0 Å². The van der Waals surface area contributed by atoms with Crippen LogP contribution in [0.2, 0.25) is 0 Å². The minimum absolute atomic E-state index is 0.0305. The standard InChI is InChI=1S/C18H19NO5/c1-22-16-7-6-15(24-16)17(21)19-8-13-12-4-2-3-5-14(12)23-11-18(13,9-19)10-20/h2-7,13,20H,8-11H2,1H3/t13-,18-/m1/s1. The Morgan fingerprint density at radius 2 is 2.21 bits per heavy atom. The first kappa shape index (κ1) is 15.1. The van der Waals surface area contributed by atoms with Crippen molar-refractivity contribution in [1.82, 2.24) is 4.90 Å². The zero-order valence-electron chi connectivity index (χ0n) is 13.4. The van der Waals surface area contributed by atoms with E-state index in [1.54, 1.807) is 17.0 Å². The topological polar surface area (TPSA) is 72.1 Å². The summed E-state index contributed by atoms with van der Waals surface area (Å²) in [5.74, 6) is 1.24. The SMILES string of the molecule is COc1ccc(C(=O)N2C[C@@H]3c4ccccc4OC[C@]3(CO)C2)o1. The van der Waals surface area contributed by atoms with Crippen LogP contribution in [0.3, 0.4) is 0 Å². The largest absolute Gasteiger partial charge is 0.493 e. The van der Waals surface area contributed by atoms with Gasteiger partial charge in [0.05, 0.1) is 25.7 Å². The van der Waals surface area contributed by atoms with Crippen LogP contribution in [0.15, 0.2) is 40.8 Å². The Hall–Kier alpha value is -2.47. The highest BCUT2D eigenvalue weighted by molar-refractivity contribution is 5.92. The molecule has 0 saturated carbocycles. The molecule has 1 amide bonds. The van der Waals surface area contributed by atoms with Crippen LogP contribution in [0.1, 0.15) is 22.0 Å². The zero-order valence-corrected chi connectivity index (χ0v) is 13.4. The number of likely N-dealkylation sites (tertiary alicyclic amines) is 1. The number of carbonyl (C=O) groups excluding carboxylic acids is 1. The fraction of sp³-hybridized carbons (Fsp3) is 0.389. The zero-order chi connectivity index (χ0) is 16.7. The van der Waals surface area contributed by atoms with Gasteiger partial charge in [0.2, 0.25) is 0 Å². The molecule has 0 unspecified atom stereocenters. The number of furan rings is 1. The third-order valence-electron chi connectivity index (χ3n) is 5.05. The lowest BCUT2D eigenvalue weighted by Crippen LogP contribution is -2.42. The molecule has 0 radical (unpaired) electrons. The lowest BCUT2D eigenvalue weighted by atomic mass is 9.74. The van der Waals surface area contributed by atoms with Crippen LogP contribution >= 0.6 is 0 Å². The maximum atomic E-state index is 12.7. The van der Waals surface area contributed by atoms with Crippen molar-refractivity contribution in [1.29, 1.82) is 0 Å². The number of para-hydroxylation sites is 1. The summed E-state index contributed by atoms with van der Waals surface area (Å²) >= 11 is 0. The van der Waals surface area contributed by atoms with Gasteiger partial charge in [0, 0.05) is 25.1 Å². The number of fused-ring (bicyclic) bond motifs is 3. The Labute approximate surface area is 139 Å². The number of carbonyl (C=O) groups is 1. The third kappa shape index (κ3) is 2.17. The number of amides is 1. The number of ether oxygens (including phenoxy) is 2. The lowest BCUT2D eigenvalue weighted by molar-refractivity contribution is 0.0433. The predicted molar refractivity (Wildman–Crippen MR) is 85.4 cm³/mol. The van der Waals surface area contributed by atoms with E-state index in [1.807, 2.05) is 24.3 Å². The summed E-state index contributed by atoms with van der Waals surface area (Å²) in [4.78, 5) is 14.5. The van der Waals surface area contributed by atoms with Gasteiger partial charge in [-0.05, 0) is 17.7 Å². The molecule has 126 valence electrons. The van der Waals surface area contributed by atoms with Crippen LogP contribution in [-0.4, -0.2) is 49.3 Å². The van der Waals surface area contributed by atoms with E-state index in [1.165, 1.54) is 7.11 Å². The molecule has 3 heterocycles. The Kier molecular flexibility index (Phi) is 3.49. The van der Waals surface area contributed by atoms with Gasteiger partial charge in [0.25, 0.3) is 11.9 Å². The maximum Gasteiger partial charge on any atom is 0.289 e. The van der Waals surface area contributed by atoms with Gasteiger partial charge in [-0.15, -0.1) is 0 Å². The van der Waals surface area contributed by atoms with Crippen molar-refractivity contribution in [3.8, 4) is 11.7 Å². The third-order valence-corrected chi connectivity index (χ3v) is 5.05. The highest BCUT2D eigenvalue weighted by Gasteiger charge is 2.52. The van der Waals surface area contributed by atoms with E-state index < -0.39 is 5.41 Å². The quantitative estimate of drug-likeness (QED) is 0.931. The minimum Gasteiger partial charge on any atom is -0.493 e. The molecule has 4 rings (SSSR count). The van der Waals surface area contributed by atoms with Crippen LogP contribution in [0, 0.1) is 5.41 Å². The van der Waals surface area contributed by atoms with Crippen molar-refractivity contribution in [3.05, 3.63) is 47.7 Å². The van der Waals surface area contributed by atoms with Crippen LogP contribution < -0.4 is 9.47 Å². The fourth-order valence-corrected chi connectivity index (χ4v) is 3.73. The number of hydrogen-bond donors (Lipinski definition) is 1. The Balaban J connectivity index is 1.64. The Morgan fingerprint density at radius 1 is 1.38 bits per heavy atom. The van der Waals surface area contributed by atoms with E-state index in [0.29, 0.717) is 25.6 Å². The smallest absolute Gasteiger partial charge is 0.289 e. The molecule has 1 fully saturated rings. The molecule has 0 bridgehead atoms. The van der Waals surface area contributed by atoms with Crippen molar-refractivity contribution >= 4 is 5.91 Å². The molecule has 2 aliphatic heterocycles. The van der Waals surface area contributed by atoms with Gasteiger partial charge in [-0.2, -0.15) is 0 Å². The van der Waals surface area contributed by atoms with E-state index in [9.17, 15) is 9.90 Å². The molecule has 2 aromatic rings. The number of aliphatic hydroxyl groups is 1. The number of benzene rings is 1. The van der Waals surface area contributed by atoms with Crippen LogP contribution in [0.4, 0.5) is 0 Å². The van der Waals surface area contributed by atoms with Crippen molar-refractivity contribution in [2.24, 2.45) is 5.41 Å². The second-order valence-corrected chi connectivity index (χ2v) is 6.41. The monoisotopic (exact) mass is 329 g/mol. The van der Waals surface area contributed by atoms with Gasteiger partial charge in [-0.1, -0.05) is 18.2 Å². The Morgan fingerprint density at radius 3 is 2.96 bits per heavy atom. The van der Waals surface area contributed by atoms with E-state index >= 15 is 0 Å². The highest BCUT2D eigenvalue weighted by atomic mass is 16.6. The van der Waals surface area contributed by atoms with Gasteiger partial charge in [-0.3, -0.25) is 4.79 Å². The summed E-state index contributed by atoms with van der Waals surface area (Å²) < 4.78 is 16.2. The summed E-state index contributed by atoms with van der Waals surface area (Å²) in [5.41, 5.74) is 0.575. The van der Waals surface area contributed by atoms with Crippen molar-refractivity contribution < 1.29 is 23.8 Å². The maximum absolute atomic E-state index is 12.7. The second-order valence-electron chi connectivity index (χ2n) is 6.41. The molecule has 2 atom stereocenters. The van der Waals surface area contributed by atoms with Crippen LogP contribution in [0.5, 0.6) is 11.7 Å². The number of rotatable bonds is 3. The molecule has 1 N–H and O–H groups in total. The molecular weight excluding hydrogens is 310 g/mol.